The monoisotopic (exact) mass is 810 g/mol. The van der Waals surface area contributed by atoms with E-state index in [9.17, 15) is 43.8 Å². The molecule has 1 aromatic rings. The van der Waals surface area contributed by atoms with E-state index in [4.69, 9.17) is 16.2 Å². The number of carboxylic acid groups (broad SMARTS) is 2. The summed E-state index contributed by atoms with van der Waals surface area (Å²) in [6.07, 6.45) is 5.57. The number of aliphatic carboxylic acids is 2. The second kappa shape index (κ2) is 23.9. The number of benzene rings is 1. The second-order valence-electron chi connectivity index (χ2n) is 14.1. The molecule has 1 saturated heterocycles. The Kier molecular flexibility index (Phi) is 19.8. The molecule has 0 radical (unpaired) electrons. The van der Waals surface area contributed by atoms with Crippen molar-refractivity contribution in [3.8, 4) is 0 Å². The molecular weight excluding hydrogens is 752 g/mol. The molecule has 318 valence electrons. The molecule has 0 saturated carbocycles. The highest BCUT2D eigenvalue weighted by molar-refractivity contribution is 6.00. The number of hydrogen-bond donors (Lipinski definition) is 8. The van der Waals surface area contributed by atoms with Gasteiger partial charge in [0.1, 0.15) is 23.8 Å². The lowest BCUT2D eigenvalue weighted by atomic mass is 9.94. The van der Waals surface area contributed by atoms with Crippen LogP contribution >= 0.6 is 0 Å². The predicted molar refractivity (Wildman–Crippen MR) is 215 cm³/mol. The van der Waals surface area contributed by atoms with E-state index in [1.807, 2.05) is 50.3 Å². The molecule has 1 aliphatic rings. The lowest BCUT2D eigenvalue weighted by molar-refractivity contribution is -0.143. The summed E-state index contributed by atoms with van der Waals surface area (Å²) >= 11 is 0. The molecule has 2 rings (SSSR count). The number of methoxy groups -OCH3 is 1. The summed E-state index contributed by atoms with van der Waals surface area (Å²) in [5.74, 6) is -8.45. The minimum absolute atomic E-state index is 0.0254. The van der Waals surface area contributed by atoms with E-state index in [2.05, 4.69) is 26.3 Å². The Bertz CT molecular complexity index is 1740. The second-order valence-corrected chi connectivity index (χ2v) is 14.1. The maximum absolute atomic E-state index is 14.0. The molecule has 1 aromatic carbocycles. The van der Waals surface area contributed by atoms with Gasteiger partial charge in [-0.1, -0.05) is 74.1 Å². The summed E-state index contributed by atoms with van der Waals surface area (Å²) in [4.78, 5) is 96.5. The fraction of sp³-hybridized carbons (Fsp3) is 0.500. The van der Waals surface area contributed by atoms with Crippen LogP contribution in [0, 0.1) is 11.8 Å². The SMILES string of the molecule is C/C=C1/C(=O)N[C@@H](C(=O)O)CC(=O)N[C@@H](CCCN=C(N)N)C(=O)N[C@@H](/C=C/C(C)=C/[C@H](C)[C@H](Cc2ccccc2)OC)[C@H](C)C(=O)N[C@@H](C(=O)O)CCC(=O)N1C. The first-order chi connectivity index (χ1) is 27.4. The number of nitrogens with zero attached hydrogens (tertiary/aromatic N) is 2. The van der Waals surface area contributed by atoms with Crippen LogP contribution in [0.15, 0.2) is 70.9 Å². The van der Waals surface area contributed by atoms with Gasteiger partial charge in [-0.05, 0) is 45.1 Å². The van der Waals surface area contributed by atoms with Crippen molar-refractivity contribution < 1.29 is 48.5 Å². The summed E-state index contributed by atoms with van der Waals surface area (Å²) in [6, 6.07) is 4.18. The number of carboxylic acids is 2. The maximum atomic E-state index is 14.0. The smallest absolute Gasteiger partial charge is 0.326 e. The van der Waals surface area contributed by atoms with Gasteiger partial charge in [0.15, 0.2) is 5.96 Å². The number of carbonyl (C=O) groups excluding carboxylic acids is 5. The molecule has 7 atom stereocenters. The fourth-order valence-corrected chi connectivity index (χ4v) is 6.18. The number of amides is 5. The van der Waals surface area contributed by atoms with Gasteiger partial charge in [-0.3, -0.25) is 29.0 Å². The van der Waals surface area contributed by atoms with Crippen molar-refractivity contribution in [2.45, 2.75) is 96.5 Å². The number of likely N-dealkylation sites (N-methyl/N-ethyl adjacent to an activating group) is 1. The zero-order valence-corrected chi connectivity index (χ0v) is 33.9. The Hall–Kier alpha value is -6.04. The number of carbonyl (C=O) groups is 7. The van der Waals surface area contributed by atoms with Crippen molar-refractivity contribution in [3.63, 3.8) is 0 Å². The molecule has 18 nitrogen and oxygen atoms in total. The van der Waals surface area contributed by atoms with Crippen LogP contribution in [0.4, 0.5) is 0 Å². The molecule has 5 amide bonds. The number of allylic oxidation sites excluding steroid dienone is 3. The summed E-state index contributed by atoms with van der Waals surface area (Å²) in [5.41, 5.74) is 12.5. The lowest BCUT2D eigenvalue weighted by Crippen LogP contribution is -2.54. The number of nitrogens with one attached hydrogen (secondary N) is 4. The minimum Gasteiger partial charge on any atom is -0.480 e. The molecule has 18 heteroatoms. The van der Waals surface area contributed by atoms with Crippen LogP contribution in [0.5, 0.6) is 0 Å². The van der Waals surface area contributed by atoms with E-state index in [1.54, 1.807) is 19.3 Å². The third-order valence-electron chi connectivity index (χ3n) is 9.62. The van der Waals surface area contributed by atoms with E-state index >= 15 is 0 Å². The average molecular weight is 811 g/mol. The number of hydrogen-bond acceptors (Lipinski definition) is 9. The van der Waals surface area contributed by atoms with E-state index in [-0.39, 0.29) is 49.5 Å². The molecule has 58 heavy (non-hydrogen) atoms. The van der Waals surface area contributed by atoms with Crippen LogP contribution < -0.4 is 32.7 Å². The third kappa shape index (κ3) is 15.8. The van der Waals surface area contributed by atoms with Gasteiger partial charge in [0.25, 0.3) is 5.91 Å². The van der Waals surface area contributed by atoms with E-state index < -0.39 is 84.4 Å². The van der Waals surface area contributed by atoms with E-state index in [1.165, 1.54) is 27.0 Å². The molecule has 1 heterocycles. The van der Waals surface area contributed by atoms with Crippen molar-refractivity contribution >= 4 is 47.4 Å². The first-order valence-electron chi connectivity index (χ1n) is 19.0. The summed E-state index contributed by atoms with van der Waals surface area (Å²) in [6.45, 7) is 6.81. The maximum Gasteiger partial charge on any atom is 0.326 e. The molecule has 10 N–H and O–H groups in total. The van der Waals surface area contributed by atoms with Gasteiger partial charge in [0.05, 0.1) is 24.5 Å². The molecule has 0 bridgehead atoms. The van der Waals surface area contributed by atoms with E-state index in [0.717, 1.165) is 16.0 Å². The molecular formula is C40H58N8O10. The summed E-state index contributed by atoms with van der Waals surface area (Å²) < 4.78 is 5.78. The quantitative estimate of drug-likeness (QED) is 0.0450. The zero-order valence-electron chi connectivity index (χ0n) is 33.9. The highest BCUT2D eigenvalue weighted by Gasteiger charge is 2.33. The van der Waals surface area contributed by atoms with Crippen molar-refractivity contribution in [3.05, 3.63) is 71.5 Å². The number of aliphatic imine (C=N–C) groups is 1. The standard InChI is InChI=1S/C40H58N8O10/c1-7-31-37(53)47-30(39(56)57)22-33(49)44-28(14-11-19-43-40(41)42)36(52)45-27(25(4)35(51)46-29(38(54)55)17-18-34(50)48(31)5)16-15-23(2)20-24(3)32(58-6)21-26-12-9-8-10-13-26/h7-10,12-13,15-16,20,24-25,27-30,32H,11,14,17-19,21-22H2,1-6H3,(H,44,49)(H,45,52)(H,46,51)(H,47,53)(H,54,55)(H,56,57)(H4,41,42,43)/b16-15+,23-20+,31-7-/t24-,25-,27-,28-,29+,30+,32-/m0/s1. The van der Waals surface area contributed by atoms with Gasteiger partial charge in [-0.25, -0.2) is 9.59 Å². The lowest BCUT2D eigenvalue weighted by Gasteiger charge is -2.27. The van der Waals surface area contributed by atoms with Gasteiger partial charge in [-0.15, -0.1) is 0 Å². The Morgan fingerprint density at radius 2 is 1.66 bits per heavy atom. The van der Waals surface area contributed by atoms with Gasteiger partial charge >= 0.3 is 11.9 Å². The molecule has 0 unspecified atom stereocenters. The van der Waals surface area contributed by atoms with Crippen LogP contribution in [-0.4, -0.2) is 114 Å². The Morgan fingerprint density at radius 3 is 2.24 bits per heavy atom. The van der Waals surface area contributed by atoms with Gasteiger partial charge in [0.2, 0.25) is 23.6 Å². The molecule has 1 aliphatic heterocycles. The molecule has 1 fully saturated rings. The topological polar surface area (TPSA) is 285 Å². The Labute approximate surface area is 338 Å². The number of rotatable bonds is 13. The fourth-order valence-electron chi connectivity index (χ4n) is 6.18. The van der Waals surface area contributed by atoms with Gasteiger partial charge in [0, 0.05) is 33.0 Å². The van der Waals surface area contributed by atoms with Crippen molar-refractivity contribution in [2.24, 2.45) is 28.3 Å². The highest BCUT2D eigenvalue weighted by Crippen LogP contribution is 2.18. The largest absolute Gasteiger partial charge is 0.480 e. The number of nitrogens with two attached hydrogens (primary N) is 2. The first kappa shape index (κ1) is 48.1. The molecule has 0 aliphatic carbocycles. The summed E-state index contributed by atoms with van der Waals surface area (Å²) in [7, 11) is 2.88. The van der Waals surface area contributed by atoms with Gasteiger partial charge < -0.3 is 52.6 Å². The first-order valence-corrected chi connectivity index (χ1v) is 19.0. The molecule has 0 spiro atoms. The van der Waals surface area contributed by atoms with Crippen LogP contribution in [-0.2, 0) is 44.7 Å². The third-order valence-corrected chi connectivity index (χ3v) is 9.62. The van der Waals surface area contributed by atoms with Crippen LogP contribution in [0.25, 0.3) is 0 Å². The van der Waals surface area contributed by atoms with Crippen LogP contribution in [0.3, 0.4) is 0 Å². The van der Waals surface area contributed by atoms with E-state index in [0.29, 0.717) is 6.42 Å². The van der Waals surface area contributed by atoms with Crippen LogP contribution in [0.1, 0.15) is 65.4 Å². The van der Waals surface area contributed by atoms with Crippen molar-refractivity contribution in [1.29, 1.82) is 0 Å². The average Bonchev–Trinajstić information content (AvgIpc) is 3.17. The van der Waals surface area contributed by atoms with Gasteiger partial charge in [-0.2, -0.15) is 0 Å². The minimum atomic E-state index is -1.77. The zero-order chi connectivity index (χ0) is 43.5. The predicted octanol–water partition coefficient (Wildman–Crippen LogP) is 0.727. The molecule has 0 aromatic heterocycles. The highest BCUT2D eigenvalue weighted by atomic mass is 16.5. The number of guanidine groups is 1. The normalized spacial score (nSPS) is 24.0. The van der Waals surface area contributed by atoms with Crippen LogP contribution in [0.2, 0.25) is 0 Å². The Morgan fingerprint density at radius 1 is 1.00 bits per heavy atom. The Balaban J connectivity index is 2.59. The van der Waals surface area contributed by atoms with Crippen molar-refractivity contribution in [1.82, 2.24) is 26.2 Å². The van der Waals surface area contributed by atoms with Crippen molar-refractivity contribution in [2.75, 3.05) is 20.7 Å². The summed E-state index contributed by atoms with van der Waals surface area (Å²) in [5, 5.41) is 29.9. The number of ether oxygens (including phenoxy) is 1.